The number of nitrogens with zero attached hydrogens (tertiary/aromatic N) is 2. The van der Waals surface area contributed by atoms with E-state index in [2.05, 4.69) is 84.6 Å². The van der Waals surface area contributed by atoms with Crippen LogP contribution in [0.3, 0.4) is 0 Å². The summed E-state index contributed by atoms with van der Waals surface area (Å²) in [5, 5.41) is 3.70. The molecule has 5 atom stereocenters. The molecular formula is C24H24B3N3O2. The minimum absolute atomic E-state index is 0.0391. The van der Waals surface area contributed by atoms with Gasteiger partial charge < -0.3 is 19.2 Å². The molecular weight excluding hydrogens is 395 g/mol. The second-order valence-electron chi connectivity index (χ2n) is 9.69. The summed E-state index contributed by atoms with van der Waals surface area (Å²) in [4.78, 5) is 5.15. The van der Waals surface area contributed by atoms with Gasteiger partial charge in [0.1, 0.15) is 6.17 Å². The van der Waals surface area contributed by atoms with Gasteiger partial charge in [-0.15, -0.1) is 0 Å². The summed E-state index contributed by atoms with van der Waals surface area (Å²) in [6, 6.07) is 10.3. The lowest BCUT2D eigenvalue weighted by molar-refractivity contribution is 0.308. The van der Waals surface area contributed by atoms with Crippen LogP contribution in [0, 0.1) is 11.3 Å². The first-order valence-corrected chi connectivity index (χ1v) is 11.6. The Morgan fingerprint density at radius 1 is 1.00 bits per heavy atom. The number of nitrogens with one attached hydrogen (secondary N) is 1. The van der Waals surface area contributed by atoms with E-state index in [1.807, 2.05) is 18.2 Å². The summed E-state index contributed by atoms with van der Waals surface area (Å²) in [6.45, 7) is 4.45. The Kier molecular flexibility index (Phi) is 3.92. The van der Waals surface area contributed by atoms with E-state index in [4.69, 9.17) is 14.1 Å². The second-order valence-corrected chi connectivity index (χ2v) is 9.69. The Morgan fingerprint density at radius 3 is 2.66 bits per heavy atom. The van der Waals surface area contributed by atoms with Gasteiger partial charge in [0.15, 0.2) is 0 Å². The first-order chi connectivity index (χ1) is 15.6. The van der Waals surface area contributed by atoms with E-state index in [9.17, 15) is 0 Å². The Labute approximate surface area is 190 Å². The molecule has 6 aliphatic rings. The van der Waals surface area contributed by atoms with E-state index in [1.165, 1.54) is 11.4 Å². The maximum Gasteiger partial charge on any atom is 0.465 e. The molecule has 8 heteroatoms. The van der Waals surface area contributed by atoms with Gasteiger partial charge in [0.2, 0.25) is 0 Å². The largest absolute Gasteiger partial charge is 0.465 e. The monoisotopic (exact) mass is 419 g/mol. The van der Waals surface area contributed by atoms with Crippen molar-refractivity contribution < 1.29 is 9.14 Å². The molecule has 0 amide bonds. The molecule has 5 unspecified atom stereocenters. The predicted molar refractivity (Wildman–Crippen MR) is 130 cm³/mol. The fraction of sp³-hybridized carbons (Fsp3) is 0.292. The van der Waals surface area contributed by atoms with Crippen molar-refractivity contribution in [1.82, 2.24) is 10.0 Å². The topological polar surface area (TPSA) is 46.1 Å². The fourth-order valence-electron chi connectivity index (χ4n) is 6.30. The minimum Gasteiger partial charge on any atom is -0.454 e. The first-order valence-electron chi connectivity index (χ1n) is 11.6. The zero-order chi connectivity index (χ0) is 21.4. The van der Waals surface area contributed by atoms with Gasteiger partial charge in [-0.2, -0.15) is 0 Å². The van der Waals surface area contributed by atoms with Gasteiger partial charge in [0.25, 0.3) is 0 Å². The summed E-state index contributed by atoms with van der Waals surface area (Å²) < 4.78 is 15.9. The Hall–Kier alpha value is -2.70. The summed E-state index contributed by atoms with van der Waals surface area (Å²) >= 11 is 0. The van der Waals surface area contributed by atoms with Gasteiger partial charge in [-0.1, -0.05) is 85.9 Å². The van der Waals surface area contributed by atoms with Gasteiger partial charge in [0, 0.05) is 28.7 Å². The molecule has 0 spiro atoms. The highest BCUT2D eigenvalue weighted by atomic mass is 16.6. The second kappa shape index (κ2) is 6.66. The summed E-state index contributed by atoms with van der Waals surface area (Å²) in [5.41, 5.74) is 4.41. The third-order valence-corrected chi connectivity index (χ3v) is 7.79. The molecule has 7 rings (SSSR count). The molecule has 2 aliphatic carbocycles. The highest BCUT2D eigenvalue weighted by molar-refractivity contribution is 6.85. The van der Waals surface area contributed by atoms with Gasteiger partial charge in [0.05, 0.1) is 11.4 Å². The zero-order valence-electron chi connectivity index (χ0n) is 18.3. The van der Waals surface area contributed by atoms with E-state index >= 15 is 0 Å². The summed E-state index contributed by atoms with van der Waals surface area (Å²) in [7, 11) is -0.653. The van der Waals surface area contributed by atoms with E-state index in [-0.39, 0.29) is 43.2 Å². The zero-order valence-corrected chi connectivity index (χ0v) is 18.3. The standard InChI is InChI=1S/C24H24B3N3O2/c1-16-28-21-18-12-6-7-13-19(18)25-30-22(21)23(29-16)24(2)15-9-8-14-20(24)26(30)32-27(31-25)17-10-4-3-5-11-17/h3-16,18-20,28H,1-2H3. The fourth-order valence-corrected chi connectivity index (χ4v) is 6.30. The molecule has 1 N–H and O–H groups in total. The van der Waals surface area contributed by atoms with Crippen molar-refractivity contribution >= 4 is 32.4 Å². The van der Waals surface area contributed by atoms with E-state index in [0.717, 1.165) is 11.2 Å². The van der Waals surface area contributed by atoms with Crippen LogP contribution in [0.5, 0.6) is 0 Å². The number of fused-ring (bicyclic) bond motifs is 6. The molecule has 2 saturated heterocycles. The highest BCUT2D eigenvalue weighted by Crippen LogP contribution is 2.56. The van der Waals surface area contributed by atoms with Crippen molar-refractivity contribution in [2.24, 2.45) is 16.3 Å². The van der Waals surface area contributed by atoms with Crippen molar-refractivity contribution in [3.63, 3.8) is 0 Å². The average molecular weight is 419 g/mol. The molecule has 0 saturated carbocycles. The third-order valence-electron chi connectivity index (χ3n) is 7.79. The van der Waals surface area contributed by atoms with Gasteiger partial charge in [-0.05, 0) is 12.4 Å². The van der Waals surface area contributed by atoms with Crippen LogP contribution < -0.4 is 10.8 Å². The molecule has 1 aromatic rings. The van der Waals surface area contributed by atoms with Crippen LogP contribution in [0.4, 0.5) is 0 Å². The van der Waals surface area contributed by atoms with Crippen molar-refractivity contribution in [3.8, 4) is 0 Å². The van der Waals surface area contributed by atoms with Crippen LogP contribution >= 0.6 is 0 Å². The maximum atomic E-state index is 6.78. The lowest BCUT2D eigenvalue weighted by Crippen LogP contribution is -2.74. The highest BCUT2D eigenvalue weighted by Gasteiger charge is 2.65. The molecule has 0 aromatic heterocycles. The lowest BCUT2D eigenvalue weighted by atomic mass is 9.37. The van der Waals surface area contributed by atoms with Gasteiger partial charge in [-0.3, -0.25) is 4.99 Å². The number of benzene rings is 1. The third kappa shape index (κ3) is 2.42. The smallest absolute Gasteiger partial charge is 0.454 e. The number of hydrogen-bond donors (Lipinski definition) is 1. The first kappa shape index (κ1) is 18.8. The quantitative estimate of drug-likeness (QED) is 0.712. The molecule has 0 bridgehead atoms. The van der Waals surface area contributed by atoms with Crippen LogP contribution in [-0.4, -0.2) is 37.8 Å². The van der Waals surface area contributed by atoms with Crippen LogP contribution in [0.1, 0.15) is 13.8 Å². The Morgan fingerprint density at radius 2 is 1.78 bits per heavy atom. The minimum atomic E-state index is -0.401. The van der Waals surface area contributed by atoms with Crippen molar-refractivity contribution in [1.29, 1.82) is 0 Å². The molecule has 156 valence electrons. The normalized spacial score (nSPS) is 35.9. The van der Waals surface area contributed by atoms with Gasteiger partial charge >= 0.3 is 21.2 Å². The Bertz CT molecular complexity index is 1160. The molecule has 32 heavy (non-hydrogen) atoms. The maximum absolute atomic E-state index is 6.78. The molecule has 4 heterocycles. The molecule has 1 aromatic carbocycles. The summed E-state index contributed by atoms with van der Waals surface area (Å²) in [5.74, 6) is 0.601. The molecule has 0 radical (unpaired) electrons. The van der Waals surface area contributed by atoms with E-state index < -0.39 is 7.12 Å². The lowest BCUT2D eigenvalue weighted by Gasteiger charge is -2.60. The van der Waals surface area contributed by atoms with Crippen molar-refractivity contribution in [2.75, 3.05) is 0 Å². The molecule has 4 aliphatic heterocycles. The number of allylic oxidation sites excluding steroid dienone is 9. The van der Waals surface area contributed by atoms with Crippen molar-refractivity contribution in [2.45, 2.75) is 31.6 Å². The Balaban J connectivity index is 1.45. The summed E-state index contributed by atoms with van der Waals surface area (Å²) in [6.07, 6.45) is 17.9. The molecule has 2 fully saturated rings. The van der Waals surface area contributed by atoms with Crippen LogP contribution in [-0.2, 0) is 9.14 Å². The van der Waals surface area contributed by atoms with Crippen LogP contribution in [0.25, 0.3) is 0 Å². The van der Waals surface area contributed by atoms with Gasteiger partial charge in [-0.25, -0.2) is 0 Å². The van der Waals surface area contributed by atoms with E-state index in [0.29, 0.717) is 0 Å². The number of rotatable bonds is 1. The molecule has 5 nitrogen and oxygen atoms in total. The SMILES string of the molecule is CC1N=C2C3=C(N1)C1C=CC=CC1B1OB(c4ccccc4)OB(C4C=CC=CC24C)N13. The number of hydrogen-bond acceptors (Lipinski definition) is 5. The predicted octanol–water partition coefficient (Wildman–Crippen LogP) is 2.95. The van der Waals surface area contributed by atoms with E-state index in [1.54, 1.807) is 0 Å². The van der Waals surface area contributed by atoms with Crippen LogP contribution in [0.15, 0.2) is 95.3 Å². The number of aliphatic imine (C=N–C) groups is 1. The van der Waals surface area contributed by atoms with Crippen LogP contribution in [0.2, 0.25) is 11.6 Å². The average Bonchev–Trinajstić information content (AvgIpc) is 2.83. The van der Waals surface area contributed by atoms with Crippen molar-refractivity contribution in [3.05, 3.63) is 90.3 Å².